The lowest BCUT2D eigenvalue weighted by Gasteiger charge is -2.23. The van der Waals surface area contributed by atoms with E-state index in [0.29, 0.717) is 17.9 Å². The van der Waals surface area contributed by atoms with Gasteiger partial charge in [-0.3, -0.25) is 14.9 Å². The Labute approximate surface area is 168 Å². The number of rotatable bonds is 7. The summed E-state index contributed by atoms with van der Waals surface area (Å²) in [6.45, 7) is 3.59. The lowest BCUT2D eigenvalue weighted by Crippen LogP contribution is -3.13. The van der Waals surface area contributed by atoms with Crippen LogP contribution in [-0.4, -0.2) is 37.0 Å². The van der Waals surface area contributed by atoms with E-state index in [2.05, 4.69) is 5.32 Å². The van der Waals surface area contributed by atoms with Gasteiger partial charge in [0.2, 0.25) is 0 Å². The number of para-hydroxylation sites is 1. The monoisotopic (exact) mass is 395 g/mol. The zero-order chi connectivity index (χ0) is 20.6. The van der Waals surface area contributed by atoms with Crippen molar-refractivity contribution in [3.8, 4) is 17.4 Å². The Kier molecular flexibility index (Phi) is 6.76. The summed E-state index contributed by atoms with van der Waals surface area (Å²) in [5, 5.41) is 23.3. The van der Waals surface area contributed by atoms with Gasteiger partial charge in [-0.15, -0.1) is 0 Å². The molecule has 2 heterocycles. The maximum absolute atomic E-state index is 12.3. The van der Waals surface area contributed by atoms with Crippen molar-refractivity contribution < 1.29 is 19.0 Å². The molecule has 2 N–H and O–H groups in total. The normalized spacial score (nSPS) is 14.9. The van der Waals surface area contributed by atoms with Crippen LogP contribution in [0.3, 0.4) is 0 Å². The van der Waals surface area contributed by atoms with Crippen LogP contribution in [-0.2, 0) is 4.79 Å². The number of nitro benzene ring substituents is 1. The van der Waals surface area contributed by atoms with E-state index in [1.54, 1.807) is 30.3 Å². The van der Waals surface area contributed by atoms with Crippen LogP contribution in [0.1, 0.15) is 25.0 Å². The quantitative estimate of drug-likeness (QED) is 0.322. The number of hydrogen-bond acceptors (Lipinski definition) is 5. The summed E-state index contributed by atoms with van der Waals surface area (Å²) in [6, 6.07) is 11.3. The molecule has 8 nitrogen and oxygen atoms in total. The van der Waals surface area contributed by atoms with Crippen molar-refractivity contribution in [3.05, 3.63) is 57.8 Å². The molecule has 0 unspecified atom stereocenters. The van der Waals surface area contributed by atoms with Crippen molar-refractivity contribution in [1.82, 2.24) is 5.32 Å². The number of carbonyl (C=O) groups is 1. The highest BCUT2D eigenvalue weighted by Crippen LogP contribution is 2.31. The first kappa shape index (κ1) is 20.3. The van der Waals surface area contributed by atoms with Crippen molar-refractivity contribution in [2.75, 3.05) is 26.2 Å². The third-order valence-electron chi connectivity index (χ3n) is 4.97. The first-order chi connectivity index (χ1) is 14.1. The van der Waals surface area contributed by atoms with E-state index in [1.807, 2.05) is 6.07 Å². The van der Waals surface area contributed by atoms with Gasteiger partial charge >= 0.3 is 0 Å². The van der Waals surface area contributed by atoms with E-state index in [4.69, 9.17) is 4.42 Å². The smallest absolute Gasteiger partial charge is 0.280 e. The molecule has 0 aliphatic carbocycles. The zero-order valence-electron chi connectivity index (χ0n) is 16.0. The second-order valence-corrected chi connectivity index (χ2v) is 6.96. The van der Waals surface area contributed by atoms with Gasteiger partial charge in [0.05, 0.1) is 36.7 Å². The Morgan fingerprint density at radius 3 is 2.72 bits per heavy atom. The molecule has 150 valence electrons. The van der Waals surface area contributed by atoms with Crippen molar-refractivity contribution >= 4 is 17.7 Å². The molecule has 1 saturated heterocycles. The van der Waals surface area contributed by atoms with Crippen molar-refractivity contribution in [1.29, 1.82) is 5.26 Å². The summed E-state index contributed by atoms with van der Waals surface area (Å²) < 4.78 is 5.63. The Balaban J connectivity index is 1.66. The van der Waals surface area contributed by atoms with Gasteiger partial charge in [-0.25, -0.2) is 0 Å². The Hall–Kier alpha value is -3.44. The number of carbonyl (C=O) groups excluding carboxylic acids is 1. The standard InChI is InChI=1S/C21H22N4O4/c22-15-16(21(26)23-10-13-24-11-4-1-5-12-24)14-17-8-9-20(29-17)18-6-2-3-7-19(18)25(27)28/h2-3,6-9,14H,1,4-5,10-13H2,(H,23,26)/p+1/b16-14+. The molecule has 1 aliphatic rings. The van der Waals surface area contributed by atoms with Gasteiger partial charge in [0, 0.05) is 12.1 Å². The number of benzene rings is 1. The SMILES string of the molecule is N#C/C(=C\c1ccc(-c2ccccc2[N+](=O)[O-])o1)C(=O)NCC[NH+]1CCCCC1. The summed E-state index contributed by atoms with van der Waals surface area (Å²) in [5.74, 6) is 0.133. The number of hydrogen-bond donors (Lipinski definition) is 2. The highest BCUT2D eigenvalue weighted by molar-refractivity contribution is 6.01. The lowest BCUT2D eigenvalue weighted by molar-refractivity contribution is -0.903. The van der Waals surface area contributed by atoms with Gasteiger partial charge in [-0.1, -0.05) is 12.1 Å². The third kappa shape index (κ3) is 5.30. The highest BCUT2D eigenvalue weighted by Gasteiger charge is 2.18. The Bertz CT molecular complexity index is 952. The fraction of sp³-hybridized carbons (Fsp3) is 0.333. The highest BCUT2D eigenvalue weighted by atomic mass is 16.6. The molecule has 0 atom stereocenters. The fourth-order valence-electron chi connectivity index (χ4n) is 3.46. The number of quaternary nitrogens is 1. The van der Waals surface area contributed by atoms with Gasteiger partial charge in [0.1, 0.15) is 23.2 Å². The van der Waals surface area contributed by atoms with E-state index < -0.39 is 10.8 Å². The molecule has 0 spiro atoms. The average molecular weight is 395 g/mol. The molecule has 0 bridgehead atoms. The van der Waals surface area contributed by atoms with E-state index >= 15 is 0 Å². The second-order valence-electron chi connectivity index (χ2n) is 6.96. The molecule has 8 heteroatoms. The molecule has 2 aromatic rings. The minimum absolute atomic E-state index is 0.0675. The Morgan fingerprint density at radius 1 is 1.24 bits per heavy atom. The molecule has 1 fully saturated rings. The van der Waals surface area contributed by atoms with Crippen LogP contribution in [0.25, 0.3) is 17.4 Å². The van der Waals surface area contributed by atoms with Crippen molar-refractivity contribution in [2.45, 2.75) is 19.3 Å². The average Bonchev–Trinajstić information content (AvgIpc) is 3.21. The van der Waals surface area contributed by atoms with Crippen molar-refractivity contribution in [3.63, 3.8) is 0 Å². The number of nitriles is 1. The number of nitrogens with zero attached hydrogens (tertiary/aromatic N) is 2. The van der Waals surface area contributed by atoms with E-state index in [0.717, 1.165) is 19.6 Å². The second kappa shape index (κ2) is 9.66. The number of nitrogens with one attached hydrogen (secondary N) is 2. The minimum Gasteiger partial charge on any atom is -0.456 e. The maximum atomic E-state index is 12.3. The van der Waals surface area contributed by atoms with Crippen LogP contribution >= 0.6 is 0 Å². The summed E-state index contributed by atoms with van der Waals surface area (Å²) >= 11 is 0. The number of likely N-dealkylation sites (tertiary alicyclic amines) is 1. The van der Waals surface area contributed by atoms with Crippen LogP contribution < -0.4 is 10.2 Å². The summed E-state index contributed by atoms with van der Waals surface area (Å²) in [7, 11) is 0. The van der Waals surface area contributed by atoms with Gasteiger partial charge in [0.25, 0.3) is 11.6 Å². The molecular weight excluding hydrogens is 372 g/mol. The topological polar surface area (TPSA) is 114 Å². The van der Waals surface area contributed by atoms with Crippen LogP contribution in [0, 0.1) is 21.4 Å². The van der Waals surface area contributed by atoms with E-state index in [1.165, 1.54) is 36.3 Å². The molecular formula is C21H23N4O4+. The maximum Gasteiger partial charge on any atom is 0.280 e. The lowest BCUT2D eigenvalue weighted by atomic mass is 10.1. The molecule has 3 rings (SSSR count). The summed E-state index contributed by atoms with van der Waals surface area (Å²) in [4.78, 5) is 24.5. The minimum atomic E-state index is -0.480. The van der Waals surface area contributed by atoms with E-state index in [-0.39, 0.29) is 17.0 Å². The fourth-order valence-corrected chi connectivity index (χ4v) is 3.46. The molecule has 1 aromatic carbocycles. The first-order valence-corrected chi connectivity index (χ1v) is 9.65. The number of nitro groups is 1. The molecule has 0 radical (unpaired) electrons. The third-order valence-corrected chi connectivity index (χ3v) is 4.97. The number of amides is 1. The summed E-state index contributed by atoms with van der Waals surface area (Å²) in [6.07, 6.45) is 5.05. The van der Waals surface area contributed by atoms with Crippen LogP contribution in [0.4, 0.5) is 5.69 Å². The predicted octanol–water partition coefficient (Wildman–Crippen LogP) is 1.95. The molecule has 0 saturated carbocycles. The van der Waals surface area contributed by atoms with Crippen LogP contribution in [0.2, 0.25) is 0 Å². The number of furan rings is 1. The van der Waals surface area contributed by atoms with Crippen LogP contribution in [0.15, 0.2) is 46.4 Å². The van der Waals surface area contributed by atoms with Crippen molar-refractivity contribution in [2.24, 2.45) is 0 Å². The summed E-state index contributed by atoms with van der Waals surface area (Å²) in [5.41, 5.74) is 0.197. The number of piperidine rings is 1. The molecule has 1 aromatic heterocycles. The van der Waals surface area contributed by atoms with Crippen LogP contribution in [0.5, 0.6) is 0 Å². The Morgan fingerprint density at radius 2 is 2.00 bits per heavy atom. The largest absolute Gasteiger partial charge is 0.456 e. The first-order valence-electron chi connectivity index (χ1n) is 9.65. The predicted molar refractivity (Wildman–Crippen MR) is 107 cm³/mol. The van der Waals surface area contributed by atoms with Gasteiger partial charge < -0.3 is 14.6 Å². The molecule has 29 heavy (non-hydrogen) atoms. The van der Waals surface area contributed by atoms with E-state index in [9.17, 15) is 20.2 Å². The van der Waals surface area contributed by atoms with Gasteiger partial charge in [-0.05, 0) is 37.5 Å². The zero-order valence-corrected chi connectivity index (χ0v) is 16.0. The molecule has 1 aliphatic heterocycles. The van der Waals surface area contributed by atoms with Gasteiger partial charge in [0.15, 0.2) is 0 Å². The molecule has 1 amide bonds. The van der Waals surface area contributed by atoms with Gasteiger partial charge in [-0.2, -0.15) is 5.26 Å².